The minimum absolute atomic E-state index is 0.328. The summed E-state index contributed by atoms with van der Waals surface area (Å²) in [5.74, 6) is 1.66. The monoisotopic (exact) mass is 168 g/mol. The van der Waals surface area contributed by atoms with Crippen molar-refractivity contribution >= 4 is 0 Å². The van der Waals surface area contributed by atoms with Gasteiger partial charge in [0.15, 0.2) is 0 Å². The van der Waals surface area contributed by atoms with Crippen LogP contribution in [0.3, 0.4) is 0 Å². The number of ether oxygens (including phenoxy) is 1. The van der Waals surface area contributed by atoms with Crippen LogP contribution in [-0.4, -0.2) is 12.2 Å². The Labute approximate surface area is 75.5 Å². The van der Waals surface area contributed by atoms with E-state index in [1.165, 1.54) is 32.1 Å². The molecule has 0 amide bonds. The van der Waals surface area contributed by atoms with Crippen LogP contribution in [0.2, 0.25) is 0 Å². The van der Waals surface area contributed by atoms with Gasteiger partial charge in [0.05, 0.1) is 5.60 Å². The first-order valence-electron chi connectivity index (χ1n) is 5.38. The molecule has 1 nitrogen and oxygen atoms in total. The van der Waals surface area contributed by atoms with Crippen LogP contribution < -0.4 is 0 Å². The molecule has 12 heavy (non-hydrogen) atoms. The lowest BCUT2D eigenvalue weighted by Gasteiger charge is -2.33. The molecule has 1 aliphatic heterocycles. The molecule has 0 radical (unpaired) electrons. The SMILES string of the molecule is CC(C)C1CCCC12CCCO2. The molecule has 0 aromatic carbocycles. The van der Waals surface area contributed by atoms with Crippen molar-refractivity contribution in [3.8, 4) is 0 Å². The molecule has 1 saturated heterocycles. The predicted octanol–water partition coefficient (Wildman–Crippen LogP) is 2.99. The van der Waals surface area contributed by atoms with Crippen LogP contribution in [0.4, 0.5) is 0 Å². The first kappa shape index (κ1) is 8.55. The van der Waals surface area contributed by atoms with Crippen LogP contribution in [0, 0.1) is 11.8 Å². The maximum atomic E-state index is 5.98. The Hall–Kier alpha value is -0.0400. The van der Waals surface area contributed by atoms with Crippen molar-refractivity contribution in [2.75, 3.05) is 6.61 Å². The van der Waals surface area contributed by atoms with Gasteiger partial charge in [-0.1, -0.05) is 20.3 Å². The summed E-state index contributed by atoms with van der Waals surface area (Å²) in [6.07, 6.45) is 6.75. The highest BCUT2D eigenvalue weighted by Crippen LogP contribution is 2.48. The Bertz CT molecular complexity index is 151. The molecule has 1 aliphatic carbocycles. The van der Waals surface area contributed by atoms with E-state index < -0.39 is 0 Å². The Kier molecular flexibility index (Phi) is 2.16. The third kappa shape index (κ3) is 1.19. The topological polar surface area (TPSA) is 9.23 Å². The highest BCUT2D eigenvalue weighted by Gasteiger charge is 2.46. The van der Waals surface area contributed by atoms with Crippen molar-refractivity contribution in [3.05, 3.63) is 0 Å². The molecule has 0 N–H and O–H groups in total. The summed E-state index contributed by atoms with van der Waals surface area (Å²) in [7, 11) is 0. The number of rotatable bonds is 1. The summed E-state index contributed by atoms with van der Waals surface area (Å²) in [6, 6.07) is 0. The van der Waals surface area contributed by atoms with Gasteiger partial charge in [-0.3, -0.25) is 0 Å². The van der Waals surface area contributed by atoms with E-state index in [9.17, 15) is 0 Å². The second kappa shape index (κ2) is 3.02. The van der Waals surface area contributed by atoms with Crippen LogP contribution in [0.5, 0.6) is 0 Å². The quantitative estimate of drug-likeness (QED) is 0.585. The lowest BCUT2D eigenvalue weighted by Crippen LogP contribution is -2.35. The summed E-state index contributed by atoms with van der Waals surface area (Å²) in [5, 5.41) is 0. The van der Waals surface area contributed by atoms with Gasteiger partial charge in [-0.05, 0) is 37.5 Å². The Balaban J connectivity index is 2.12. The highest BCUT2D eigenvalue weighted by molar-refractivity contribution is 4.97. The van der Waals surface area contributed by atoms with E-state index >= 15 is 0 Å². The molecule has 0 aromatic heterocycles. The second-order valence-electron chi connectivity index (χ2n) is 4.76. The Morgan fingerprint density at radius 3 is 2.58 bits per heavy atom. The normalized spacial score (nSPS) is 41.8. The van der Waals surface area contributed by atoms with E-state index in [-0.39, 0.29) is 0 Å². The summed E-state index contributed by atoms with van der Waals surface area (Å²) in [4.78, 5) is 0. The third-order valence-corrected chi connectivity index (χ3v) is 3.73. The van der Waals surface area contributed by atoms with Gasteiger partial charge < -0.3 is 4.74 Å². The minimum atomic E-state index is 0.328. The molecule has 70 valence electrons. The van der Waals surface area contributed by atoms with Crippen molar-refractivity contribution in [1.82, 2.24) is 0 Å². The van der Waals surface area contributed by atoms with Gasteiger partial charge in [-0.15, -0.1) is 0 Å². The molecular formula is C11H20O. The maximum absolute atomic E-state index is 5.98. The molecular weight excluding hydrogens is 148 g/mol. The van der Waals surface area contributed by atoms with Gasteiger partial charge in [0.2, 0.25) is 0 Å². The van der Waals surface area contributed by atoms with Gasteiger partial charge in [0, 0.05) is 6.61 Å². The third-order valence-electron chi connectivity index (χ3n) is 3.73. The smallest absolute Gasteiger partial charge is 0.0713 e. The number of hydrogen-bond acceptors (Lipinski definition) is 1. The largest absolute Gasteiger partial charge is 0.375 e. The minimum Gasteiger partial charge on any atom is -0.375 e. The zero-order valence-electron chi connectivity index (χ0n) is 8.31. The van der Waals surface area contributed by atoms with Gasteiger partial charge in [0.1, 0.15) is 0 Å². The fraction of sp³-hybridized carbons (Fsp3) is 1.00. The van der Waals surface area contributed by atoms with Crippen molar-refractivity contribution in [1.29, 1.82) is 0 Å². The molecule has 2 aliphatic rings. The van der Waals surface area contributed by atoms with Gasteiger partial charge >= 0.3 is 0 Å². The van der Waals surface area contributed by atoms with E-state index in [1.807, 2.05) is 0 Å². The molecule has 1 heteroatoms. The van der Waals surface area contributed by atoms with E-state index in [4.69, 9.17) is 4.74 Å². The van der Waals surface area contributed by atoms with Crippen molar-refractivity contribution in [2.45, 2.75) is 51.6 Å². The molecule has 1 spiro atoms. The van der Waals surface area contributed by atoms with E-state index in [2.05, 4.69) is 13.8 Å². The fourth-order valence-corrected chi connectivity index (χ4v) is 3.22. The first-order valence-corrected chi connectivity index (χ1v) is 5.38. The summed E-state index contributed by atoms with van der Waals surface area (Å²) < 4.78 is 5.98. The van der Waals surface area contributed by atoms with Gasteiger partial charge in [-0.2, -0.15) is 0 Å². The molecule has 0 bridgehead atoms. The molecule has 0 aromatic rings. The second-order valence-corrected chi connectivity index (χ2v) is 4.76. The molecule has 2 rings (SSSR count). The number of hydrogen-bond donors (Lipinski definition) is 0. The van der Waals surface area contributed by atoms with Gasteiger partial charge in [-0.25, -0.2) is 0 Å². The van der Waals surface area contributed by atoms with Crippen LogP contribution in [0.15, 0.2) is 0 Å². The maximum Gasteiger partial charge on any atom is 0.0713 e. The van der Waals surface area contributed by atoms with E-state index in [0.29, 0.717) is 5.60 Å². The highest BCUT2D eigenvalue weighted by atomic mass is 16.5. The lowest BCUT2D eigenvalue weighted by atomic mass is 9.81. The zero-order valence-corrected chi connectivity index (χ0v) is 8.31. The molecule has 2 fully saturated rings. The first-order chi connectivity index (χ1) is 5.75. The van der Waals surface area contributed by atoms with Crippen molar-refractivity contribution in [3.63, 3.8) is 0 Å². The average Bonchev–Trinajstić information content (AvgIpc) is 2.61. The molecule has 2 unspecified atom stereocenters. The molecule has 1 saturated carbocycles. The Morgan fingerprint density at radius 2 is 2.00 bits per heavy atom. The summed E-state index contributed by atoms with van der Waals surface area (Å²) in [5.41, 5.74) is 0.328. The molecule has 2 atom stereocenters. The van der Waals surface area contributed by atoms with Crippen LogP contribution in [-0.2, 0) is 4.74 Å². The van der Waals surface area contributed by atoms with Crippen LogP contribution >= 0.6 is 0 Å². The van der Waals surface area contributed by atoms with Crippen molar-refractivity contribution in [2.24, 2.45) is 11.8 Å². The Morgan fingerprint density at radius 1 is 1.25 bits per heavy atom. The van der Waals surface area contributed by atoms with Crippen LogP contribution in [0.1, 0.15) is 46.0 Å². The summed E-state index contributed by atoms with van der Waals surface area (Å²) >= 11 is 0. The standard InChI is InChI=1S/C11H20O/c1-9(2)10-5-3-6-11(10)7-4-8-12-11/h9-10H,3-8H2,1-2H3. The van der Waals surface area contributed by atoms with E-state index in [1.54, 1.807) is 0 Å². The van der Waals surface area contributed by atoms with Crippen LogP contribution in [0.25, 0.3) is 0 Å². The van der Waals surface area contributed by atoms with E-state index in [0.717, 1.165) is 18.4 Å². The summed E-state index contributed by atoms with van der Waals surface area (Å²) in [6.45, 7) is 5.71. The van der Waals surface area contributed by atoms with Gasteiger partial charge in [0.25, 0.3) is 0 Å². The average molecular weight is 168 g/mol. The lowest BCUT2D eigenvalue weighted by molar-refractivity contribution is -0.0401. The predicted molar refractivity (Wildman–Crippen MR) is 50.1 cm³/mol. The fourth-order valence-electron chi connectivity index (χ4n) is 3.22. The zero-order chi connectivity index (χ0) is 8.60. The molecule has 1 heterocycles. The van der Waals surface area contributed by atoms with Crippen molar-refractivity contribution < 1.29 is 4.74 Å².